The van der Waals surface area contributed by atoms with Gasteiger partial charge in [0.2, 0.25) is 0 Å². The Bertz CT molecular complexity index is 406. The quantitative estimate of drug-likeness (QED) is 0.819. The van der Waals surface area contributed by atoms with Crippen molar-refractivity contribution in [3.63, 3.8) is 0 Å². The van der Waals surface area contributed by atoms with Crippen LogP contribution in [0.25, 0.3) is 0 Å². The van der Waals surface area contributed by atoms with E-state index in [0.29, 0.717) is 11.1 Å². The molecule has 3 N–H and O–H groups in total. The molecule has 0 heterocycles. The third-order valence-corrected chi connectivity index (χ3v) is 2.30. The van der Waals surface area contributed by atoms with E-state index in [1.165, 1.54) is 19.2 Å². The van der Waals surface area contributed by atoms with Gasteiger partial charge < -0.3 is 15.6 Å². The molecule has 1 atom stereocenters. The van der Waals surface area contributed by atoms with Crippen LogP contribution in [0.15, 0.2) is 12.1 Å². The van der Waals surface area contributed by atoms with Crippen LogP contribution in [0.4, 0.5) is 4.39 Å². The molecule has 0 aliphatic rings. The minimum atomic E-state index is -1.00. The molecular formula is C11H14FNO3. The summed E-state index contributed by atoms with van der Waals surface area (Å²) in [6, 6.07) is 2.03. The highest BCUT2D eigenvalue weighted by Crippen LogP contribution is 2.28. The van der Waals surface area contributed by atoms with E-state index in [2.05, 4.69) is 0 Å². The van der Waals surface area contributed by atoms with Crippen molar-refractivity contribution in [2.45, 2.75) is 19.4 Å². The molecule has 0 saturated carbocycles. The molecule has 88 valence electrons. The zero-order chi connectivity index (χ0) is 12.3. The molecule has 0 spiro atoms. The number of carboxylic acids is 1. The number of aryl methyl sites for hydroxylation is 1. The Kier molecular flexibility index (Phi) is 3.84. The lowest BCUT2D eigenvalue weighted by Crippen LogP contribution is -2.16. The summed E-state index contributed by atoms with van der Waals surface area (Å²) in [5.74, 6) is -1.13. The van der Waals surface area contributed by atoms with E-state index in [9.17, 15) is 9.18 Å². The highest BCUT2D eigenvalue weighted by molar-refractivity contribution is 5.68. The van der Waals surface area contributed by atoms with Crippen LogP contribution in [0.1, 0.15) is 23.6 Å². The molecule has 1 aromatic carbocycles. The van der Waals surface area contributed by atoms with Crippen LogP contribution in [-0.2, 0) is 4.79 Å². The molecule has 1 rings (SSSR count). The molecule has 0 aliphatic heterocycles. The van der Waals surface area contributed by atoms with Gasteiger partial charge in [-0.25, -0.2) is 4.39 Å². The smallest absolute Gasteiger partial charge is 0.305 e. The summed E-state index contributed by atoms with van der Waals surface area (Å²) in [6.45, 7) is 1.59. The molecule has 0 radical (unpaired) electrons. The van der Waals surface area contributed by atoms with E-state index in [1.807, 2.05) is 0 Å². The summed E-state index contributed by atoms with van der Waals surface area (Å²) in [7, 11) is 1.39. The molecular weight excluding hydrogens is 213 g/mol. The fraction of sp³-hybridized carbons (Fsp3) is 0.364. The fourth-order valence-corrected chi connectivity index (χ4v) is 1.45. The molecule has 0 saturated heterocycles. The van der Waals surface area contributed by atoms with Crippen molar-refractivity contribution in [3.05, 3.63) is 29.1 Å². The lowest BCUT2D eigenvalue weighted by atomic mass is 10.0. The Morgan fingerprint density at radius 3 is 2.75 bits per heavy atom. The topological polar surface area (TPSA) is 72.5 Å². The third kappa shape index (κ3) is 2.70. The summed E-state index contributed by atoms with van der Waals surface area (Å²) < 4.78 is 18.2. The van der Waals surface area contributed by atoms with Gasteiger partial charge in [0.1, 0.15) is 11.6 Å². The first-order chi connectivity index (χ1) is 7.45. The number of aliphatic carboxylic acids is 1. The van der Waals surface area contributed by atoms with Gasteiger partial charge in [-0.05, 0) is 18.6 Å². The first kappa shape index (κ1) is 12.4. The minimum absolute atomic E-state index is 0.221. The second-order valence-corrected chi connectivity index (χ2v) is 3.55. The molecule has 0 amide bonds. The zero-order valence-electron chi connectivity index (χ0n) is 9.16. The van der Waals surface area contributed by atoms with Crippen molar-refractivity contribution in [1.29, 1.82) is 0 Å². The first-order valence-electron chi connectivity index (χ1n) is 4.77. The number of rotatable bonds is 4. The monoisotopic (exact) mass is 227 g/mol. The maximum Gasteiger partial charge on any atom is 0.305 e. The molecule has 4 nitrogen and oxygen atoms in total. The molecule has 0 aromatic heterocycles. The maximum absolute atomic E-state index is 13.2. The van der Waals surface area contributed by atoms with E-state index in [0.717, 1.165) is 0 Å². The number of hydrogen-bond donors (Lipinski definition) is 2. The van der Waals surface area contributed by atoms with Gasteiger partial charge in [-0.2, -0.15) is 0 Å². The second kappa shape index (κ2) is 4.94. The van der Waals surface area contributed by atoms with Crippen LogP contribution >= 0.6 is 0 Å². The fourth-order valence-electron chi connectivity index (χ4n) is 1.45. The predicted octanol–water partition coefficient (Wildman–Crippen LogP) is 1.62. The molecule has 0 aliphatic carbocycles. The Morgan fingerprint density at radius 2 is 2.25 bits per heavy atom. The van der Waals surface area contributed by atoms with Crippen molar-refractivity contribution >= 4 is 5.97 Å². The average Bonchev–Trinajstić information content (AvgIpc) is 2.20. The van der Waals surface area contributed by atoms with Gasteiger partial charge in [-0.3, -0.25) is 4.79 Å². The lowest BCUT2D eigenvalue weighted by Gasteiger charge is -2.15. The van der Waals surface area contributed by atoms with Gasteiger partial charge in [0.15, 0.2) is 0 Å². The Labute approximate surface area is 92.8 Å². The maximum atomic E-state index is 13.2. The molecule has 1 unspecified atom stereocenters. The number of carbonyl (C=O) groups is 1. The van der Waals surface area contributed by atoms with E-state index in [-0.39, 0.29) is 12.2 Å². The zero-order valence-corrected chi connectivity index (χ0v) is 9.16. The molecule has 5 heteroatoms. The van der Waals surface area contributed by atoms with Crippen LogP contribution in [0, 0.1) is 12.7 Å². The van der Waals surface area contributed by atoms with Gasteiger partial charge in [0.25, 0.3) is 0 Å². The second-order valence-electron chi connectivity index (χ2n) is 3.55. The predicted molar refractivity (Wildman–Crippen MR) is 56.9 cm³/mol. The molecule has 0 bridgehead atoms. The summed E-state index contributed by atoms with van der Waals surface area (Å²) in [5.41, 5.74) is 6.63. The third-order valence-electron chi connectivity index (χ3n) is 2.30. The van der Waals surface area contributed by atoms with Crippen LogP contribution in [-0.4, -0.2) is 18.2 Å². The lowest BCUT2D eigenvalue weighted by molar-refractivity contribution is -0.137. The average molecular weight is 227 g/mol. The van der Waals surface area contributed by atoms with Crippen molar-refractivity contribution in [3.8, 4) is 5.75 Å². The van der Waals surface area contributed by atoms with E-state index in [1.54, 1.807) is 6.92 Å². The Morgan fingerprint density at radius 1 is 1.62 bits per heavy atom. The van der Waals surface area contributed by atoms with Crippen molar-refractivity contribution < 1.29 is 19.0 Å². The van der Waals surface area contributed by atoms with Gasteiger partial charge in [-0.15, -0.1) is 0 Å². The molecule has 1 aromatic rings. The number of carboxylic acid groups (broad SMARTS) is 1. The number of halogens is 1. The van der Waals surface area contributed by atoms with E-state index in [4.69, 9.17) is 15.6 Å². The first-order valence-corrected chi connectivity index (χ1v) is 4.77. The van der Waals surface area contributed by atoms with E-state index < -0.39 is 17.8 Å². The van der Waals surface area contributed by atoms with Gasteiger partial charge in [-0.1, -0.05) is 0 Å². The highest BCUT2D eigenvalue weighted by atomic mass is 19.1. The molecule has 16 heavy (non-hydrogen) atoms. The van der Waals surface area contributed by atoms with Crippen LogP contribution in [0.2, 0.25) is 0 Å². The summed E-state index contributed by atoms with van der Waals surface area (Å²) in [6.07, 6.45) is -0.221. The van der Waals surface area contributed by atoms with Crippen molar-refractivity contribution in [2.75, 3.05) is 7.11 Å². The summed E-state index contributed by atoms with van der Waals surface area (Å²) in [4.78, 5) is 10.5. The summed E-state index contributed by atoms with van der Waals surface area (Å²) in [5, 5.41) is 8.64. The number of ether oxygens (including phenoxy) is 1. The highest BCUT2D eigenvalue weighted by Gasteiger charge is 2.17. The number of nitrogens with two attached hydrogens (primary N) is 1. The normalized spacial score (nSPS) is 12.2. The number of methoxy groups -OCH3 is 1. The van der Waals surface area contributed by atoms with Crippen LogP contribution in [0.3, 0.4) is 0 Å². The Hall–Kier alpha value is -1.62. The molecule has 0 fully saturated rings. The number of benzene rings is 1. The van der Waals surface area contributed by atoms with Crippen LogP contribution < -0.4 is 10.5 Å². The Balaban J connectivity index is 3.10. The van der Waals surface area contributed by atoms with Crippen molar-refractivity contribution in [2.24, 2.45) is 5.73 Å². The summed E-state index contributed by atoms with van der Waals surface area (Å²) >= 11 is 0. The SMILES string of the molecule is COc1cc(F)c(C)cc1C(N)CC(=O)O. The van der Waals surface area contributed by atoms with Gasteiger partial charge >= 0.3 is 5.97 Å². The largest absolute Gasteiger partial charge is 0.496 e. The minimum Gasteiger partial charge on any atom is -0.496 e. The standard InChI is InChI=1S/C11H14FNO3/c1-6-3-7(9(13)5-11(14)15)10(16-2)4-8(6)12/h3-4,9H,5,13H2,1-2H3,(H,14,15). The van der Waals surface area contributed by atoms with Crippen LogP contribution in [0.5, 0.6) is 5.75 Å². The number of hydrogen-bond acceptors (Lipinski definition) is 3. The van der Waals surface area contributed by atoms with E-state index >= 15 is 0 Å². The van der Waals surface area contributed by atoms with Gasteiger partial charge in [0.05, 0.1) is 13.5 Å². The van der Waals surface area contributed by atoms with Crippen molar-refractivity contribution in [1.82, 2.24) is 0 Å². The van der Waals surface area contributed by atoms with Gasteiger partial charge in [0, 0.05) is 17.7 Å².